The average molecular weight is 328 g/mol. The minimum absolute atomic E-state index is 0.281. The molecule has 5 heteroatoms. The molecule has 0 spiro atoms. The van der Waals surface area contributed by atoms with Crippen molar-refractivity contribution in [2.75, 3.05) is 5.32 Å². The van der Waals surface area contributed by atoms with Crippen LogP contribution in [-0.4, -0.2) is 11.8 Å². The number of hydrogen-bond acceptors (Lipinski definition) is 3. The highest BCUT2D eigenvalue weighted by molar-refractivity contribution is 7.16. The van der Waals surface area contributed by atoms with Gasteiger partial charge in [0.2, 0.25) is 5.91 Å². The van der Waals surface area contributed by atoms with Crippen LogP contribution in [0, 0.1) is 13.8 Å². The summed E-state index contributed by atoms with van der Waals surface area (Å²) in [4.78, 5) is 24.8. The van der Waals surface area contributed by atoms with E-state index in [1.807, 2.05) is 45.0 Å². The zero-order valence-electron chi connectivity index (χ0n) is 13.5. The Balaban J connectivity index is 2.17. The standard InChI is InChI=1S/C18H20N2O2S/c1-4-14-12(3)23-18(16(14)17(19)22)20-15(21)10-9-13-7-5-11(2)6-8-13/h5-10H,4H2,1-3H3,(H2,19,22)(H,20,21)/b10-9+. The fraction of sp³-hybridized carbons (Fsp3) is 0.222. The maximum atomic E-state index is 12.1. The third kappa shape index (κ3) is 4.07. The van der Waals surface area contributed by atoms with E-state index in [9.17, 15) is 9.59 Å². The van der Waals surface area contributed by atoms with Crippen LogP contribution in [0.5, 0.6) is 0 Å². The fourth-order valence-corrected chi connectivity index (χ4v) is 3.51. The number of primary amides is 1. The molecule has 0 bridgehead atoms. The quantitative estimate of drug-likeness (QED) is 0.822. The summed E-state index contributed by atoms with van der Waals surface area (Å²) >= 11 is 1.38. The number of hydrogen-bond donors (Lipinski definition) is 2. The first-order valence-corrected chi connectivity index (χ1v) is 8.21. The average Bonchev–Trinajstić information content (AvgIpc) is 2.82. The summed E-state index contributed by atoms with van der Waals surface area (Å²) in [6, 6.07) is 7.86. The van der Waals surface area contributed by atoms with Crippen molar-refractivity contribution in [1.82, 2.24) is 0 Å². The summed E-state index contributed by atoms with van der Waals surface area (Å²) in [6.45, 7) is 5.90. The number of aryl methyl sites for hydroxylation is 2. The number of anilines is 1. The summed E-state index contributed by atoms with van der Waals surface area (Å²) in [7, 11) is 0. The predicted octanol–water partition coefficient (Wildman–Crippen LogP) is 3.68. The predicted molar refractivity (Wildman–Crippen MR) is 95.8 cm³/mol. The van der Waals surface area contributed by atoms with E-state index in [1.165, 1.54) is 23.0 Å². The molecular weight excluding hydrogens is 308 g/mol. The van der Waals surface area contributed by atoms with E-state index in [2.05, 4.69) is 5.32 Å². The molecule has 2 rings (SSSR count). The van der Waals surface area contributed by atoms with Gasteiger partial charge in [0.05, 0.1) is 5.56 Å². The normalized spacial score (nSPS) is 10.9. The lowest BCUT2D eigenvalue weighted by atomic mass is 10.1. The molecule has 23 heavy (non-hydrogen) atoms. The van der Waals surface area contributed by atoms with Crippen LogP contribution >= 0.6 is 11.3 Å². The SMILES string of the molecule is CCc1c(C)sc(NC(=O)/C=C/c2ccc(C)cc2)c1C(N)=O. The Morgan fingerprint density at radius 3 is 2.43 bits per heavy atom. The number of rotatable bonds is 5. The zero-order valence-corrected chi connectivity index (χ0v) is 14.3. The van der Waals surface area contributed by atoms with Crippen LogP contribution in [0.3, 0.4) is 0 Å². The molecule has 4 nitrogen and oxygen atoms in total. The van der Waals surface area contributed by atoms with Crippen LogP contribution in [0.2, 0.25) is 0 Å². The summed E-state index contributed by atoms with van der Waals surface area (Å²) < 4.78 is 0. The Kier molecular flexibility index (Phi) is 5.34. The molecule has 3 N–H and O–H groups in total. The van der Waals surface area contributed by atoms with Crippen LogP contribution < -0.4 is 11.1 Å². The molecule has 1 aromatic carbocycles. The van der Waals surface area contributed by atoms with Crippen molar-refractivity contribution in [2.24, 2.45) is 5.73 Å². The zero-order chi connectivity index (χ0) is 17.0. The third-order valence-electron chi connectivity index (χ3n) is 3.55. The molecule has 0 aliphatic rings. The lowest BCUT2D eigenvalue weighted by molar-refractivity contribution is -0.111. The second-order valence-corrected chi connectivity index (χ2v) is 6.52. The first-order valence-electron chi connectivity index (χ1n) is 7.40. The van der Waals surface area contributed by atoms with Crippen LogP contribution in [0.1, 0.15) is 38.8 Å². The maximum Gasteiger partial charge on any atom is 0.251 e. The molecule has 1 aromatic heterocycles. The highest BCUT2D eigenvalue weighted by Gasteiger charge is 2.19. The Bertz CT molecular complexity index is 758. The van der Waals surface area contributed by atoms with E-state index in [-0.39, 0.29) is 5.91 Å². The van der Waals surface area contributed by atoms with Gasteiger partial charge < -0.3 is 11.1 Å². The first-order chi connectivity index (χ1) is 10.9. The number of nitrogens with two attached hydrogens (primary N) is 1. The van der Waals surface area contributed by atoms with Gasteiger partial charge in [0.15, 0.2) is 0 Å². The van der Waals surface area contributed by atoms with Crippen molar-refractivity contribution >= 4 is 34.2 Å². The van der Waals surface area contributed by atoms with E-state index < -0.39 is 5.91 Å². The van der Waals surface area contributed by atoms with Crippen LogP contribution in [0.4, 0.5) is 5.00 Å². The monoisotopic (exact) mass is 328 g/mol. The molecule has 0 aliphatic carbocycles. The molecule has 2 amide bonds. The number of carbonyl (C=O) groups is 2. The first kappa shape index (κ1) is 17.0. The second-order valence-electron chi connectivity index (χ2n) is 5.29. The topological polar surface area (TPSA) is 72.2 Å². The Morgan fingerprint density at radius 2 is 1.87 bits per heavy atom. The number of thiophene rings is 1. The molecule has 0 radical (unpaired) electrons. The number of nitrogens with one attached hydrogen (secondary N) is 1. The molecule has 0 fully saturated rings. The Morgan fingerprint density at radius 1 is 1.22 bits per heavy atom. The molecule has 1 heterocycles. The molecule has 0 saturated carbocycles. The van der Waals surface area contributed by atoms with Crippen molar-refractivity contribution < 1.29 is 9.59 Å². The van der Waals surface area contributed by atoms with Gasteiger partial charge in [-0.05, 0) is 37.5 Å². The lowest BCUT2D eigenvalue weighted by Crippen LogP contribution is -2.16. The van der Waals surface area contributed by atoms with Gasteiger partial charge in [0.25, 0.3) is 5.91 Å². The summed E-state index contributed by atoms with van der Waals surface area (Å²) in [5, 5.41) is 3.28. The van der Waals surface area contributed by atoms with Gasteiger partial charge in [-0.25, -0.2) is 0 Å². The van der Waals surface area contributed by atoms with Crippen molar-refractivity contribution in [1.29, 1.82) is 0 Å². The number of benzene rings is 1. The molecule has 0 atom stereocenters. The van der Waals surface area contributed by atoms with Crippen molar-refractivity contribution in [3.05, 3.63) is 57.5 Å². The van der Waals surface area contributed by atoms with Gasteiger partial charge >= 0.3 is 0 Å². The van der Waals surface area contributed by atoms with Crippen LogP contribution in [-0.2, 0) is 11.2 Å². The molecule has 2 aromatic rings. The molecular formula is C18H20N2O2S. The van der Waals surface area contributed by atoms with Crippen LogP contribution in [0.15, 0.2) is 30.3 Å². The number of amides is 2. The Hall–Kier alpha value is -2.40. The summed E-state index contributed by atoms with van der Waals surface area (Å²) in [5.41, 5.74) is 8.89. The molecule has 0 saturated heterocycles. The van der Waals surface area contributed by atoms with Gasteiger partial charge in [0.1, 0.15) is 5.00 Å². The van der Waals surface area contributed by atoms with Gasteiger partial charge in [-0.2, -0.15) is 0 Å². The largest absolute Gasteiger partial charge is 0.365 e. The summed E-state index contributed by atoms with van der Waals surface area (Å²) in [5.74, 6) is -0.791. The minimum atomic E-state index is -0.510. The van der Waals surface area contributed by atoms with Gasteiger partial charge in [-0.1, -0.05) is 36.8 Å². The maximum absolute atomic E-state index is 12.1. The van der Waals surface area contributed by atoms with Gasteiger partial charge in [0, 0.05) is 11.0 Å². The summed E-state index contributed by atoms with van der Waals surface area (Å²) in [6.07, 6.45) is 3.89. The number of carbonyl (C=O) groups excluding carboxylic acids is 2. The van der Waals surface area contributed by atoms with Crippen molar-refractivity contribution in [2.45, 2.75) is 27.2 Å². The molecule has 0 unspecified atom stereocenters. The van der Waals surface area contributed by atoms with Crippen LogP contribution in [0.25, 0.3) is 6.08 Å². The highest BCUT2D eigenvalue weighted by atomic mass is 32.1. The fourth-order valence-electron chi connectivity index (χ4n) is 2.36. The van der Waals surface area contributed by atoms with Gasteiger partial charge in [-0.3, -0.25) is 9.59 Å². The molecule has 0 aliphatic heterocycles. The Labute approximate surface area is 140 Å². The smallest absolute Gasteiger partial charge is 0.251 e. The second kappa shape index (κ2) is 7.24. The van der Waals surface area contributed by atoms with Crippen molar-refractivity contribution in [3.63, 3.8) is 0 Å². The molecule has 120 valence electrons. The van der Waals surface area contributed by atoms with E-state index in [0.717, 1.165) is 16.0 Å². The minimum Gasteiger partial charge on any atom is -0.365 e. The van der Waals surface area contributed by atoms with E-state index in [4.69, 9.17) is 5.73 Å². The van der Waals surface area contributed by atoms with E-state index >= 15 is 0 Å². The highest BCUT2D eigenvalue weighted by Crippen LogP contribution is 2.33. The van der Waals surface area contributed by atoms with E-state index in [1.54, 1.807) is 6.08 Å². The van der Waals surface area contributed by atoms with Crippen molar-refractivity contribution in [3.8, 4) is 0 Å². The lowest BCUT2D eigenvalue weighted by Gasteiger charge is -2.03. The third-order valence-corrected chi connectivity index (χ3v) is 4.61. The van der Waals surface area contributed by atoms with Gasteiger partial charge in [-0.15, -0.1) is 11.3 Å². The van der Waals surface area contributed by atoms with E-state index in [0.29, 0.717) is 17.0 Å².